The Morgan fingerprint density at radius 1 is 1.50 bits per heavy atom. The fourth-order valence-corrected chi connectivity index (χ4v) is 2.60. The summed E-state index contributed by atoms with van der Waals surface area (Å²) in [6.45, 7) is 6.72. The summed E-state index contributed by atoms with van der Waals surface area (Å²) in [5, 5.41) is 4.38. The highest BCUT2D eigenvalue weighted by atomic mass is 16.5. The number of nitrogens with zero attached hydrogens (tertiary/aromatic N) is 3. The van der Waals surface area contributed by atoms with E-state index in [1.54, 1.807) is 23.6 Å². The molecule has 2 heterocycles. The van der Waals surface area contributed by atoms with Crippen molar-refractivity contribution < 1.29 is 14.3 Å². The van der Waals surface area contributed by atoms with Gasteiger partial charge < -0.3 is 15.4 Å². The first-order valence-corrected chi connectivity index (χ1v) is 7.49. The van der Waals surface area contributed by atoms with E-state index in [1.807, 2.05) is 6.07 Å². The third kappa shape index (κ3) is 3.30. The van der Waals surface area contributed by atoms with Gasteiger partial charge in [0.15, 0.2) is 5.60 Å². The largest absolute Gasteiger partial charge is 0.367 e. The molecule has 0 unspecified atom stereocenters. The number of aryl methyl sites for hydroxylation is 1. The van der Waals surface area contributed by atoms with Gasteiger partial charge in [-0.1, -0.05) is 13.8 Å². The van der Waals surface area contributed by atoms with Crippen LogP contribution in [-0.2, 0) is 23.0 Å². The van der Waals surface area contributed by atoms with E-state index in [-0.39, 0.29) is 12.5 Å². The second-order valence-corrected chi connectivity index (χ2v) is 6.41. The van der Waals surface area contributed by atoms with Crippen molar-refractivity contribution in [1.82, 2.24) is 14.7 Å². The summed E-state index contributed by atoms with van der Waals surface area (Å²) in [6, 6.07) is 1.82. The maximum atomic E-state index is 12.7. The summed E-state index contributed by atoms with van der Waals surface area (Å²) in [7, 11) is 1.75. The van der Waals surface area contributed by atoms with Crippen LogP contribution in [0.2, 0.25) is 0 Å². The van der Waals surface area contributed by atoms with E-state index >= 15 is 0 Å². The number of hydrogen-bond acceptors (Lipinski definition) is 4. The zero-order chi connectivity index (χ0) is 16.5. The Kier molecular flexibility index (Phi) is 4.55. The molecule has 1 aliphatic rings. The summed E-state index contributed by atoms with van der Waals surface area (Å²) in [4.78, 5) is 25.8. The fraction of sp³-hybridized carbons (Fsp3) is 0.667. The Bertz CT molecular complexity index is 581. The Balaban J connectivity index is 2.17. The Morgan fingerprint density at radius 2 is 2.18 bits per heavy atom. The lowest BCUT2D eigenvalue weighted by Crippen LogP contribution is -2.58. The zero-order valence-corrected chi connectivity index (χ0v) is 13.6. The van der Waals surface area contributed by atoms with Crippen molar-refractivity contribution in [3.8, 4) is 0 Å². The molecule has 0 saturated carbocycles. The lowest BCUT2D eigenvalue weighted by atomic mass is 10.0. The minimum Gasteiger partial charge on any atom is -0.367 e. The highest BCUT2D eigenvalue weighted by Gasteiger charge is 2.39. The molecule has 2 amide bonds. The van der Waals surface area contributed by atoms with Gasteiger partial charge in [-0.25, -0.2) is 0 Å². The lowest BCUT2D eigenvalue weighted by Gasteiger charge is -2.38. The van der Waals surface area contributed by atoms with Gasteiger partial charge in [0.25, 0.3) is 11.8 Å². The van der Waals surface area contributed by atoms with Crippen LogP contribution in [0.4, 0.5) is 0 Å². The van der Waals surface area contributed by atoms with Crippen molar-refractivity contribution in [2.24, 2.45) is 18.7 Å². The number of primary amides is 1. The number of nitrogens with two attached hydrogens (primary N) is 1. The van der Waals surface area contributed by atoms with Crippen molar-refractivity contribution >= 4 is 11.8 Å². The van der Waals surface area contributed by atoms with Gasteiger partial charge in [0.1, 0.15) is 5.69 Å². The van der Waals surface area contributed by atoms with Crippen LogP contribution < -0.4 is 5.73 Å². The molecular formula is C15H24N4O3. The molecule has 1 atom stereocenters. The van der Waals surface area contributed by atoms with Crippen LogP contribution in [0.1, 0.15) is 37.0 Å². The molecule has 122 valence electrons. The normalized spacial score (nSPS) is 22.1. The number of rotatable bonds is 4. The minimum atomic E-state index is -1.13. The number of amides is 2. The number of aromatic nitrogens is 2. The Labute approximate surface area is 130 Å². The molecule has 2 N–H and O–H groups in total. The molecule has 1 saturated heterocycles. The molecular weight excluding hydrogens is 284 g/mol. The van der Waals surface area contributed by atoms with Crippen LogP contribution in [0.15, 0.2) is 6.07 Å². The molecule has 1 aliphatic heterocycles. The van der Waals surface area contributed by atoms with Gasteiger partial charge in [-0.3, -0.25) is 14.3 Å². The molecule has 7 nitrogen and oxygen atoms in total. The van der Waals surface area contributed by atoms with Gasteiger partial charge in [0.05, 0.1) is 18.8 Å². The first kappa shape index (κ1) is 16.5. The molecule has 7 heteroatoms. The summed E-state index contributed by atoms with van der Waals surface area (Å²) in [5.74, 6) is -0.240. The first-order chi connectivity index (χ1) is 10.2. The molecule has 0 aliphatic carbocycles. The Hall–Kier alpha value is -1.89. The van der Waals surface area contributed by atoms with Crippen molar-refractivity contribution in [3.05, 3.63) is 17.5 Å². The standard InChI is InChI=1S/C15H24N4O3/c1-10(2)7-11-8-12(18(4)17-11)13(20)19-5-6-22-15(3,9-19)14(16)21/h8,10H,5-7,9H2,1-4H3,(H2,16,21)/t15-/m0/s1. The zero-order valence-electron chi connectivity index (χ0n) is 13.6. The van der Waals surface area contributed by atoms with E-state index in [1.165, 1.54) is 0 Å². The van der Waals surface area contributed by atoms with Crippen LogP contribution >= 0.6 is 0 Å². The molecule has 1 aromatic heterocycles. The second-order valence-electron chi connectivity index (χ2n) is 6.41. The number of carbonyl (C=O) groups excluding carboxylic acids is 2. The molecule has 1 fully saturated rings. The number of ether oxygens (including phenoxy) is 1. The lowest BCUT2D eigenvalue weighted by molar-refractivity contribution is -0.150. The van der Waals surface area contributed by atoms with Gasteiger partial charge in [-0.2, -0.15) is 5.10 Å². The first-order valence-electron chi connectivity index (χ1n) is 7.49. The summed E-state index contributed by atoms with van der Waals surface area (Å²) in [6.07, 6.45) is 0.823. The summed E-state index contributed by atoms with van der Waals surface area (Å²) >= 11 is 0. The number of hydrogen-bond donors (Lipinski definition) is 1. The summed E-state index contributed by atoms with van der Waals surface area (Å²) < 4.78 is 7.03. The maximum absolute atomic E-state index is 12.7. The monoisotopic (exact) mass is 308 g/mol. The molecule has 1 aromatic rings. The van der Waals surface area contributed by atoms with E-state index in [0.29, 0.717) is 24.8 Å². The Morgan fingerprint density at radius 3 is 2.77 bits per heavy atom. The predicted molar refractivity (Wildman–Crippen MR) is 81.2 cm³/mol. The van der Waals surface area contributed by atoms with E-state index < -0.39 is 11.5 Å². The topological polar surface area (TPSA) is 90.5 Å². The van der Waals surface area contributed by atoms with Crippen molar-refractivity contribution in [2.45, 2.75) is 32.8 Å². The van der Waals surface area contributed by atoms with E-state index in [9.17, 15) is 9.59 Å². The fourth-order valence-electron chi connectivity index (χ4n) is 2.60. The highest BCUT2D eigenvalue weighted by Crippen LogP contribution is 2.19. The molecule has 0 radical (unpaired) electrons. The predicted octanol–water partition coefficient (Wildman–Crippen LogP) is 0.335. The maximum Gasteiger partial charge on any atom is 0.272 e. The van der Waals surface area contributed by atoms with Crippen molar-refractivity contribution in [1.29, 1.82) is 0 Å². The van der Waals surface area contributed by atoms with E-state index in [2.05, 4.69) is 18.9 Å². The van der Waals surface area contributed by atoms with Crippen LogP contribution in [0, 0.1) is 5.92 Å². The van der Waals surface area contributed by atoms with Gasteiger partial charge in [0, 0.05) is 13.6 Å². The molecule has 2 rings (SSSR count). The number of carbonyl (C=O) groups is 2. The van der Waals surface area contributed by atoms with Crippen LogP contribution in [-0.4, -0.2) is 51.8 Å². The van der Waals surface area contributed by atoms with Crippen LogP contribution in [0.25, 0.3) is 0 Å². The smallest absolute Gasteiger partial charge is 0.272 e. The highest BCUT2D eigenvalue weighted by molar-refractivity contribution is 5.93. The van der Waals surface area contributed by atoms with Crippen LogP contribution in [0.5, 0.6) is 0 Å². The van der Waals surface area contributed by atoms with Crippen molar-refractivity contribution in [3.63, 3.8) is 0 Å². The van der Waals surface area contributed by atoms with Gasteiger partial charge in [0.2, 0.25) is 0 Å². The van der Waals surface area contributed by atoms with E-state index in [4.69, 9.17) is 10.5 Å². The molecule has 0 spiro atoms. The van der Waals surface area contributed by atoms with Gasteiger partial charge in [-0.05, 0) is 25.3 Å². The van der Waals surface area contributed by atoms with E-state index in [0.717, 1.165) is 12.1 Å². The van der Waals surface area contributed by atoms with Gasteiger partial charge >= 0.3 is 0 Å². The molecule has 0 aromatic carbocycles. The van der Waals surface area contributed by atoms with Crippen molar-refractivity contribution in [2.75, 3.05) is 19.7 Å². The third-order valence-corrected chi connectivity index (χ3v) is 3.85. The third-order valence-electron chi connectivity index (χ3n) is 3.85. The molecule has 22 heavy (non-hydrogen) atoms. The SMILES string of the molecule is CC(C)Cc1cc(C(=O)N2CCO[C@](C)(C(N)=O)C2)n(C)n1. The number of morpholine rings is 1. The minimum absolute atomic E-state index is 0.152. The summed E-state index contributed by atoms with van der Waals surface area (Å²) in [5.41, 5.74) is 5.65. The average molecular weight is 308 g/mol. The second kappa shape index (κ2) is 6.08. The van der Waals surface area contributed by atoms with Gasteiger partial charge in [-0.15, -0.1) is 0 Å². The quantitative estimate of drug-likeness (QED) is 0.868. The molecule has 0 bridgehead atoms. The average Bonchev–Trinajstić information content (AvgIpc) is 2.77. The van der Waals surface area contributed by atoms with Crippen LogP contribution in [0.3, 0.4) is 0 Å².